The van der Waals surface area contributed by atoms with Gasteiger partial charge in [-0.3, -0.25) is 9.13 Å². The van der Waals surface area contributed by atoms with Crippen molar-refractivity contribution in [1.29, 1.82) is 0 Å². The molecule has 2 N–H and O–H groups in total. The minimum absolute atomic E-state index is 0.00513. The van der Waals surface area contributed by atoms with Crippen LogP contribution in [-0.4, -0.2) is 33.7 Å². The fraction of sp³-hybridized carbons (Fsp3) is 0.533. The summed E-state index contributed by atoms with van der Waals surface area (Å²) in [6, 6.07) is 6.00. The lowest BCUT2D eigenvalue weighted by Crippen LogP contribution is -2.31. The molecule has 0 bridgehead atoms. The smallest absolute Gasteiger partial charge is 0.323 e. The molecule has 0 spiro atoms. The normalized spacial score (nSPS) is 13.3. The van der Waals surface area contributed by atoms with Crippen LogP contribution < -0.4 is 11.4 Å². The highest BCUT2D eigenvalue weighted by Gasteiger charge is 2.13. The molecule has 0 aliphatic carbocycles. The van der Waals surface area contributed by atoms with Gasteiger partial charge in [0.1, 0.15) is 0 Å². The second kappa shape index (κ2) is 5.81. The van der Waals surface area contributed by atoms with Crippen molar-refractivity contribution in [2.24, 2.45) is 19.8 Å². The first-order valence-corrected chi connectivity index (χ1v) is 7.12. The monoisotopic (exact) mass is 276 g/mol. The SMILES string of the molecule is CCN(CC)CC(N)c1ccc2c(c1)n(C)c(=O)n2C. The molecule has 0 saturated carbocycles. The van der Waals surface area contributed by atoms with E-state index in [0.717, 1.165) is 36.2 Å². The third kappa shape index (κ3) is 2.51. The summed E-state index contributed by atoms with van der Waals surface area (Å²) in [4.78, 5) is 14.2. The van der Waals surface area contributed by atoms with Crippen LogP contribution in [0.15, 0.2) is 23.0 Å². The molecule has 1 aromatic heterocycles. The molecule has 1 heterocycles. The molecule has 5 heteroatoms. The van der Waals surface area contributed by atoms with E-state index in [1.807, 2.05) is 18.2 Å². The van der Waals surface area contributed by atoms with Gasteiger partial charge in [0.05, 0.1) is 11.0 Å². The van der Waals surface area contributed by atoms with Gasteiger partial charge in [0.15, 0.2) is 0 Å². The lowest BCUT2D eigenvalue weighted by atomic mass is 10.1. The van der Waals surface area contributed by atoms with E-state index in [4.69, 9.17) is 5.73 Å². The lowest BCUT2D eigenvalue weighted by molar-refractivity contribution is 0.285. The molecule has 1 unspecified atom stereocenters. The maximum Gasteiger partial charge on any atom is 0.328 e. The highest BCUT2D eigenvalue weighted by Crippen LogP contribution is 2.18. The van der Waals surface area contributed by atoms with Gasteiger partial charge in [-0.1, -0.05) is 19.9 Å². The average molecular weight is 276 g/mol. The molecule has 0 amide bonds. The Morgan fingerprint density at radius 2 is 1.75 bits per heavy atom. The molecular weight excluding hydrogens is 252 g/mol. The van der Waals surface area contributed by atoms with E-state index in [1.165, 1.54) is 0 Å². The van der Waals surface area contributed by atoms with E-state index in [0.29, 0.717) is 0 Å². The largest absolute Gasteiger partial charge is 0.328 e. The molecule has 110 valence electrons. The summed E-state index contributed by atoms with van der Waals surface area (Å²) in [5.74, 6) is 0. The minimum atomic E-state index is -0.0328. The number of nitrogens with two attached hydrogens (primary N) is 1. The predicted molar refractivity (Wildman–Crippen MR) is 82.9 cm³/mol. The van der Waals surface area contributed by atoms with Crippen molar-refractivity contribution in [2.75, 3.05) is 19.6 Å². The number of aryl methyl sites for hydroxylation is 2. The first kappa shape index (κ1) is 14.8. The molecule has 1 aromatic carbocycles. The summed E-state index contributed by atoms with van der Waals surface area (Å²) in [5, 5.41) is 0. The molecule has 1 atom stereocenters. The van der Waals surface area contributed by atoms with E-state index in [1.54, 1.807) is 23.2 Å². The quantitative estimate of drug-likeness (QED) is 0.893. The number of imidazole rings is 1. The molecule has 5 nitrogen and oxygen atoms in total. The van der Waals surface area contributed by atoms with Crippen LogP contribution in [0.25, 0.3) is 11.0 Å². The highest BCUT2D eigenvalue weighted by atomic mass is 16.1. The Kier molecular flexibility index (Phi) is 4.30. The fourth-order valence-corrected chi connectivity index (χ4v) is 2.62. The summed E-state index contributed by atoms with van der Waals surface area (Å²) in [6.07, 6.45) is 0. The second-order valence-corrected chi connectivity index (χ2v) is 5.24. The Bertz CT molecular complexity index is 652. The van der Waals surface area contributed by atoms with Crippen LogP contribution >= 0.6 is 0 Å². The topological polar surface area (TPSA) is 56.2 Å². The van der Waals surface area contributed by atoms with Crippen molar-refractivity contribution in [3.8, 4) is 0 Å². The van der Waals surface area contributed by atoms with Crippen LogP contribution in [0.4, 0.5) is 0 Å². The van der Waals surface area contributed by atoms with Crippen LogP contribution in [0.1, 0.15) is 25.5 Å². The second-order valence-electron chi connectivity index (χ2n) is 5.24. The first-order chi connectivity index (χ1) is 9.49. The van der Waals surface area contributed by atoms with Gasteiger partial charge in [0.25, 0.3) is 0 Å². The van der Waals surface area contributed by atoms with E-state index < -0.39 is 0 Å². The minimum Gasteiger partial charge on any atom is -0.323 e. The molecule has 2 aromatic rings. The Morgan fingerprint density at radius 1 is 1.15 bits per heavy atom. The summed E-state index contributed by atoms with van der Waals surface area (Å²) in [6.45, 7) is 7.10. The Morgan fingerprint density at radius 3 is 2.35 bits per heavy atom. The number of rotatable bonds is 5. The molecular formula is C15H24N4O. The average Bonchev–Trinajstić information content (AvgIpc) is 2.69. The lowest BCUT2D eigenvalue weighted by Gasteiger charge is -2.22. The third-order valence-electron chi connectivity index (χ3n) is 4.07. The number of benzene rings is 1. The Balaban J connectivity index is 2.36. The van der Waals surface area contributed by atoms with E-state index in [-0.39, 0.29) is 11.7 Å². The van der Waals surface area contributed by atoms with Crippen molar-refractivity contribution >= 4 is 11.0 Å². The van der Waals surface area contributed by atoms with E-state index in [2.05, 4.69) is 18.7 Å². The Hall–Kier alpha value is -1.59. The van der Waals surface area contributed by atoms with Crippen LogP contribution in [0.3, 0.4) is 0 Å². The van der Waals surface area contributed by atoms with Crippen molar-refractivity contribution in [3.05, 3.63) is 34.2 Å². The van der Waals surface area contributed by atoms with Gasteiger partial charge >= 0.3 is 5.69 Å². The molecule has 0 fully saturated rings. The predicted octanol–water partition coefficient (Wildman–Crippen LogP) is 1.22. The molecule has 0 saturated heterocycles. The van der Waals surface area contributed by atoms with Crippen LogP contribution in [0.5, 0.6) is 0 Å². The zero-order valence-corrected chi connectivity index (χ0v) is 12.8. The summed E-state index contributed by atoms with van der Waals surface area (Å²) < 4.78 is 3.33. The van der Waals surface area contributed by atoms with Crippen molar-refractivity contribution in [1.82, 2.24) is 14.0 Å². The van der Waals surface area contributed by atoms with Crippen molar-refractivity contribution in [2.45, 2.75) is 19.9 Å². The van der Waals surface area contributed by atoms with Crippen LogP contribution in [-0.2, 0) is 14.1 Å². The number of nitrogens with zero attached hydrogens (tertiary/aromatic N) is 3. The number of hydrogen-bond acceptors (Lipinski definition) is 3. The van der Waals surface area contributed by atoms with Crippen LogP contribution in [0.2, 0.25) is 0 Å². The summed E-state index contributed by atoms with van der Waals surface area (Å²) in [5.41, 5.74) is 9.24. The van der Waals surface area contributed by atoms with Gasteiger partial charge in [-0.25, -0.2) is 4.79 Å². The van der Waals surface area contributed by atoms with E-state index >= 15 is 0 Å². The molecule has 0 aliphatic rings. The van der Waals surface area contributed by atoms with Gasteiger partial charge < -0.3 is 10.6 Å². The van der Waals surface area contributed by atoms with Crippen LogP contribution in [0, 0.1) is 0 Å². The highest BCUT2D eigenvalue weighted by molar-refractivity contribution is 5.77. The molecule has 0 radical (unpaired) electrons. The maximum atomic E-state index is 11.9. The first-order valence-electron chi connectivity index (χ1n) is 7.12. The zero-order chi connectivity index (χ0) is 14.9. The van der Waals surface area contributed by atoms with Gasteiger partial charge in [-0.05, 0) is 30.8 Å². The van der Waals surface area contributed by atoms with Gasteiger partial charge in [-0.2, -0.15) is 0 Å². The number of fused-ring (bicyclic) bond motifs is 1. The van der Waals surface area contributed by atoms with Crippen molar-refractivity contribution in [3.63, 3.8) is 0 Å². The van der Waals surface area contributed by atoms with E-state index in [9.17, 15) is 4.79 Å². The number of aromatic nitrogens is 2. The Labute approximate surface area is 119 Å². The molecule has 20 heavy (non-hydrogen) atoms. The molecule has 0 aliphatic heterocycles. The van der Waals surface area contributed by atoms with Gasteiger partial charge in [0, 0.05) is 26.7 Å². The maximum absolute atomic E-state index is 11.9. The third-order valence-corrected chi connectivity index (χ3v) is 4.07. The summed E-state index contributed by atoms with van der Waals surface area (Å²) >= 11 is 0. The zero-order valence-electron chi connectivity index (χ0n) is 12.8. The van der Waals surface area contributed by atoms with Crippen molar-refractivity contribution < 1.29 is 0 Å². The fourth-order valence-electron chi connectivity index (χ4n) is 2.62. The standard InChI is InChI=1S/C15H24N4O/c1-5-19(6-2)10-12(16)11-7-8-13-14(9-11)18(4)15(20)17(13)3/h7-9,12H,5-6,10,16H2,1-4H3. The molecule has 2 rings (SSSR count). The number of likely N-dealkylation sites (N-methyl/N-ethyl adjacent to an activating group) is 1. The van der Waals surface area contributed by atoms with Gasteiger partial charge in [0.2, 0.25) is 0 Å². The number of hydrogen-bond donors (Lipinski definition) is 1. The summed E-state index contributed by atoms with van der Waals surface area (Å²) in [7, 11) is 3.59. The van der Waals surface area contributed by atoms with Gasteiger partial charge in [-0.15, -0.1) is 0 Å².